The van der Waals surface area contributed by atoms with Crippen molar-refractivity contribution in [2.75, 3.05) is 6.54 Å². The minimum absolute atomic E-state index is 0.234. The number of allylic oxidation sites excluding steroid dienone is 2. The number of amides is 1. The van der Waals surface area contributed by atoms with Gasteiger partial charge in [0.2, 0.25) is 11.8 Å². The number of hydrogen-bond acceptors (Lipinski definition) is 5. The zero-order valence-electron chi connectivity index (χ0n) is 11.2. The summed E-state index contributed by atoms with van der Waals surface area (Å²) in [6, 6.07) is 0. The van der Waals surface area contributed by atoms with Crippen LogP contribution in [0.2, 0.25) is 0 Å². The van der Waals surface area contributed by atoms with Gasteiger partial charge in [-0.05, 0) is 12.8 Å². The fourth-order valence-corrected chi connectivity index (χ4v) is 2.25. The summed E-state index contributed by atoms with van der Waals surface area (Å²) in [6.07, 6.45) is 4.99. The Morgan fingerprint density at radius 3 is 2.70 bits per heavy atom. The van der Waals surface area contributed by atoms with Gasteiger partial charge in [-0.1, -0.05) is 17.3 Å². The summed E-state index contributed by atoms with van der Waals surface area (Å²) in [7, 11) is 0. The van der Waals surface area contributed by atoms with Crippen LogP contribution in [0.5, 0.6) is 0 Å². The van der Waals surface area contributed by atoms with Gasteiger partial charge in [0.1, 0.15) is 0 Å². The first-order chi connectivity index (χ1) is 9.58. The Bertz CT molecular complexity index is 523. The van der Waals surface area contributed by atoms with E-state index in [4.69, 9.17) is 9.63 Å². The lowest BCUT2D eigenvalue weighted by Gasteiger charge is -2.24. The standard InChI is InChI=1S/C13H17N3O4/c1-8-15-11(16-20-8)6-7-14-12(17)9-4-2-3-5-10(9)13(18)19/h2-3,9-10H,4-7H2,1H3,(H,14,17)(H,18,19)/t9-,10+/m1/s1. The molecule has 0 fully saturated rings. The number of aromatic nitrogens is 2. The molecule has 2 N–H and O–H groups in total. The van der Waals surface area contributed by atoms with Crippen molar-refractivity contribution in [1.82, 2.24) is 15.5 Å². The Morgan fingerprint density at radius 1 is 1.40 bits per heavy atom. The molecule has 1 aliphatic carbocycles. The number of carbonyl (C=O) groups is 2. The molecule has 108 valence electrons. The number of hydrogen-bond donors (Lipinski definition) is 2. The van der Waals surface area contributed by atoms with E-state index in [-0.39, 0.29) is 5.91 Å². The van der Waals surface area contributed by atoms with Crippen LogP contribution in [0.3, 0.4) is 0 Å². The van der Waals surface area contributed by atoms with Crippen molar-refractivity contribution in [3.8, 4) is 0 Å². The van der Waals surface area contributed by atoms with E-state index in [0.717, 1.165) is 0 Å². The fraction of sp³-hybridized carbons (Fsp3) is 0.538. The predicted octanol–water partition coefficient (Wildman–Crippen LogP) is 0.704. The SMILES string of the molecule is Cc1nc(CCNC(=O)[C@@H]2CC=CC[C@@H]2C(=O)O)no1. The summed E-state index contributed by atoms with van der Waals surface area (Å²) < 4.78 is 4.83. The predicted molar refractivity (Wildman–Crippen MR) is 68.7 cm³/mol. The summed E-state index contributed by atoms with van der Waals surface area (Å²) in [5.41, 5.74) is 0. The molecule has 1 amide bonds. The Hall–Kier alpha value is -2.18. The molecule has 1 aliphatic rings. The molecule has 1 heterocycles. The number of carboxylic acids is 1. The highest BCUT2D eigenvalue weighted by atomic mass is 16.5. The quantitative estimate of drug-likeness (QED) is 0.769. The molecule has 0 saturated carbocycles. The van der Waals surface area contributed by atoms with Gasteiger partial charge in [0.05, 0.1) is 11.8 Å². The van der Waals surface area contributed by atoms with E-state index in [1.165, 1.54) is 0 Å². The van der Waals surface area contributed by atoms with Crippen LogP contribution < -0.4 is 5.32 Å². The van der Waals surface area contributed by atoms with E-state index in [1.54, 1.807) is 6.92 Å². The number of carboxylic acid groups (broad SMARTS) is 1. The number of rotatable bonds is 5. The molecule has 0 unspecified atom stereocenters. The van der Waals surface area contributed by atoms with Crippen molar-refractivity contribution in [3.05, 3.63) is 23.9 Å². The maximum atomic E-state index is 12.0. The second-order valence-corrected chi connectivity index (χ2v) is 4.76. The normalized spacial score (nSPS) is 21.6. The molecule has 0 bridgehead atoms. The number of aliphatic carboxylic acids is 1. The van der Waals surface area contributed by atoms with Crippen LogP contribution in [-0.4, -0.2) is 33.7 Å². The molecule has 1 aromatic heterocycles. The largest absolute Gasteiger partial charge is 0.481 e. The van der Waals surface area contributed by atoms with Crippen molar-refractivity contribution in [2.45, 2.75) is 26.2 Å². The Labute approximate surface area is 116 Å². The van der Waals surface area contributed by atoms with Crippen molar-refractivity contribution in [1.29, 1.82) is 0 Å². The van der Waals surface area contributed by atoms with E-state index < -0.39 is 17.8 Å². The summed E-state index contributed by atoms with van der Waals surface area (Å²) >= 11 is 0. The molecule has 0 saturated heterocycles. The van der Waals surface area contributed by atoms with Crippen LogP contribution in [-0.2, 0) is 16.0 Å². The lowest BCUT2D eigenvalue weighted by molar-refractivity contribution is -0.147. The third-order valence-electron chi connectivity index (χ3n) is 3.30. The molecule has 7 heteroatoms. The van der Waals surface area contributed by atoms with E-state index in [0.29, 0.717) is 37.5 Å². The zero-order valence-corrected chi connectivity index (χ0v) is 11.2. The Kier molecular flexibility index (Phi) is 4.49. The molecular formula is C13H17N3O4. The van der Waals surface area contributed by atoms with Crippen LogP contribution in [0.1, 0.15) is 24.6 Å². The molecular weight excluding hydrogens is 262 g/mol. The molecule has 20 heavy (non-hydrogen) atoms. The Balaban J connectivity index is 1.84. The van der Waals surface area contributed by atoms with Gasteiger partial charge < -0.3 is 14.9 Å². The third kappa shape index (κ3) is 3.43. The van der Waals surface area contributed by atoms with Gasteiger partial charge in [0.25, 0.3) is 0 Å². The van der Waals surface area contributed by atoms with E-state index >= 15 is 0 Å². The lowest BCUT2D eigenvalue weighted by atomic mass is 9.82. The van der Waals surface area contributed by atoms with E-state index in [9.17, 15) is 9.59 Å². The van der Waals surface area contributed by atoms with Gasteiger partial charge in [-0.3, -0.25) is 9.59 Å². The van der Waals surface area contributed by atoms with Crippen LogP contribution in [0.25, 0.3) is 0 Å². The number of aryl methyl sites for hydroxylation is 1. The number of nitrogens with one attached hydrogen (secondary N) is 1. The van der Waals surface area contributed by atoms with Crippen LogP contribution in [0.4, 0.5) is 0 Å². The smallest absolute Gasteiger partial charge is 0.307 e. The number of carbonyl (C=O) groups excluding carboxylic acids is 1. The average molecular weight is 279 g/mol. The van der Waals surface area contributed by atoms with Gasteiger partial charge >= 0.3 is 5.97 Å². The molecule has 0 radical (unpaired) electrons. The minimum atomic E-state index is -0.928. The molecule has 0 aromatic carbocycles. The summed E-state index contributed by atoms with van der Waals surface area (Å²) in [5, 5.41) is 15.6. The maximum Gasteiger partial charge on any atom is 0.307 e. The second-order valence-electron chi connectivity index (χ2n) is 4.76. The van der Waals surface area contributed by atoms with Crippen LogP contribution in [0.15, 0.2) is 16.7 Å². The summed E-state index contributed by atoms with van der Waals surface area (Å²) in [6.45, 7) is 2.06. The molecule has 1 aromatic rings. The van der Waals surface area contributed by atoms with Crippen molar-refractivity contribution in [3.63, 3.8) is 0 Å². The van der Waals surface area contributed by atoms with Gasteiger partial charge in [0, 0.05) is 19.9 Å². The van der Waals surface area contributed by atoms with Crippen LogP contribution >= 0.6 is 0 Å². The first-order valence-corrected chi connectivity index (χ1v) is 6.52. The molecule has 7 nitrogen and oxygen atoms in total. The topological polar surface area (TPSA) is 105 Å². The average Bonchev–Trinajstić information content (AvgIpc) is 2.84. The summed E-state index contributed by atoms with van der Waals surface area (Å²) in [5.74, 6) is -1.31. The van der Waals surface area contributed by atoms with Gasteiger partial charge in [0.15, 0.2) is 5.82 Å². The lowest BCUT2D eigenvalue weighted by Crippen LogP contribution is -2.39. The number of nitrogens with zero attached hydrogens (tertiary/aromatic N) is 2. The van der Waals surface area contributed by atoms with E-state index in [2.05, 4.69) is 15.5 Å². The minimum Gasteiger partial charge on any atom is -0.481 e. The van der Waals surface area contributed by atoms with Gasteiger partial charge in [-0.25, -0.2) is 0 Å². The highest BCUT2D eigenvalue weighted by Gasteiger charge is 2.33. The highest BCUT2D eigenvalue weighted by Crippen LogP contribution is 2.25. The summed E-state index contributed by atoms with van der Waals surface area (Å²) in [4.78, 5) is 27.2. The third-order valence-corrected chi connectivity index (χ3v) is 3.30. The van der Waals surface area contributed by atoms with Gasteiger partial charge in [-0.2, -0.15) is 4.98 Å². The Morgan fingerprint density at radius 2 is 2.10 bits per heavy atom. The first-order valence-electron chi connectivity index (χ1n) is 6.52. The van der Waals surface area contributed by atoms with Gasteiger partial charge in [-0.15, -0.1) is 0 Å². The van der Waals surface area contributed by atoms with Crippen molar-refractivity contribution in [2.24, 2.45) is 11.8 Å². The molecule has 0 spiro atoms. The second kappa shape index (κ2) is 6.31. The first kappa shape index (κ1) is 14.2. The zero-order chi connectivity index (χ0) is 14.5. The highest BCUT2D eigenvalue weighted by molar-refractivity contribution is 5.85. The fourth-order valence-electron chi connectivity index (χ4n) is 2.25. The maximum absolute atomic E-state index is 12.0. The van der Waals surface area contributed by atoms with Crippen molar-refractivity contribution < 1.29 is 19.2 Å². The molecule has 0 aliphatic heterocycles. The molecule has 2 rings (SSSR count). The monoisotopic (exact) mass is 279 g/mol. The van der Waals surface area contributed by atoms with E-state index in [1.807, 2.05) is 12.2 Å². The molecule has 2 atom stereocenters. The van der Waals surface area contributed by atoms with Crippen molar-refractivity contribution >= 4 is 11.9 Å². The van der Waals surface area contributed by atoms with Crippen LogP contribution in [0, 0.1) is 18.8 Å².